The summed E-state index contributed by atoms with van der Waals surface area (Å²) in [6.07, 6.45) is 0.872. The molecule has 3 heteroatoms. The Kier molecular flexibility index (Phi) is 3.26. The molecule has 0 unspecified atom stereocenters. The highest BCUT2D eigenvalue weighted by atomic mass is 19.1. The third-order valence-electron chi connectivity index (χ3n) is 3.75. The first-order valence-electron chi connectivity index (χ1n) is 6.77. The van der Waals surface area contributed by atoms with Gasteiger partial charge in [-0.2, -0.15) is 0 Å². The minimum atomic E-state index is -0.251. The fraction of sp³-hybridized carbons (Fsp3) is 0.235. The number of rotatable bonds is 3. The summed E-state index contributed by atoms with van der Waals surface area (Å²) in [6, 6.07) is 12.4. The van der Waals surface area contributed by atoms with Crippen LogP contribution in [0.2, 0.25) is 0 Å². The number of Topliss-reactive ketones (excluding diaryl/α,β-unsaturated/α-hetero) is 1. The van der Waals surface area contributed by atoms with Crippen LogP contribution in [-0.2, 0) is 6.42 Å². The first-order valence-corrected chi connectivity index (χ1v) is 6.77. The summed E-state index contributed by atoms with van der Waals surface area (Å²) in [4.78, 5) is 14.2. The van der Waals surface area contributed by atoms with Crippen molar-refractivity contribution in [1.29, 1.82) is 0 Å². The molecule has 0 atom stereocenters. The average Bonchev–Trinajstić information content (AvgIpc) is 2.82. The summed E-state index contributed by atoms with van der Waals surface area (Å²) < 4.78 is 13.3. The summed E-state index contributed by atoms with van der Waals surface area (Å²) in [7, 11) is 0. The summed E-state index contributed by atoms with van der Waals surface area (Å²) >= 11 is 0. The number of hydrogen-bond acceptors (Lipinski definition) is 2. The highest BCUT2D eigenvalue weighted by Crippen LogP contribution is 2.28. The van der Waals surface area contributed by atoms with E-state index in [9.17, 15) is 9.18 Å². The maximum atomic E-state index is 13.3. The Morgan fingerprint density at radius 1 is 1.20 bits per heavy atom. The molecule has 2 nitrogen and oxygen atoms in total. The molecular formula is C17H16FNO. The van der Waals surface area contributed by atoms with E-state index in [2.05, 4.69) is 0 Å². The van der Waals surface area contributed by atoms with Gasteiger partial charge in [-0.05, 0) is 31.0 Å². The second-order valence-corrected chi connectivity index (χ2v) is 5.23. The molecule has 0 bridgehead atoms. The smallest absolute Gasteiger partial charge is 0.182 e. The van der Waals surface area contributed by atoms with Crippen molar-refractivity contribution >= 4 is 11.5 Å². The molecule has 0 saturated carbocycles. The number of carbonyl (C=O) groups is 1. The molecule has 0 spiro atoms. The van der Waals surface area contributed by atoms with Gasteiger partial charge >= 0.3 is 0 Å². The maximum Gasteiger partial charge on any atom is 0.182 e. The second-order valence-electron chi connectivity index (χ2n) is 5.23. The number of fused-ring (bicyclic) bond motifs is 1. The Morgan fingerprint density at radius 3 is 2.70 bits per heavy atom. The molecule has 0 aromatic heterocycles. The Labute approximate surface area is 117 Å². The van der Waals surface area contributed by atoms with Gasteiger partial charge in [0.2, 0.25) is 0 Å². The van der Waals surface area contributed by atoms with Crippen molar-refractivity contribution in [3.63, 3.8) is 0 Å². The van der Waals surface area contributed by atoms with Gasteiger partial charge in [-0.3, -0.25) is 4.79 Å². The van der Waals surface area contributed by atoms with Crippen LogP contribution in [0, 0.1) is 12.7 Å². The van der Waals surface area contributed by atoms with E-state index < -0.39 is 0 Å². The predicted octanol–water partition coefficient (Wildman–Crippen LogP) is 3.38. The van der Waals surface area contributed by atoms with E-state index in [0.717, 1.165) is 29.8 Å². The summed E-state index contributed by atoms with van der Waals surface area (Å²) in [6.45, 7) is 3.07. The molecule has 0 N–H and O–H groups in total. The number of anilines is 1. The molecule has 1 heterocycles. The minimum absolute atomic E-state index is 0.0714. The number of benzene rings is 2. The van der Waals surface area contributed by atoms with Gasteiger partial charge in [0.25, 0.3) is 0 Å². The van der Waals surface area contributed by atoms with Crippen LogP contribution in [0.25, 0.3) is 0 Å². The Hall–Kier alpha value is -2.16. The van der Waals surface area contributed by atoms with Gasteiger partial charge in [-0.15, -0.1) is 0 Å². The maximum absolute atomic E-state index is 13.3. The summed E-state index contributed by atoms with van der Waals surface area (Å²) in [5.41, 5.74) is 3.81. The predicted molar refractivity (Wildman–Crippen MR) is 77.8 cm³/mol. The highest BCUT2D eigenvalue weighted by molar-refractivity contribution is 5.99. The van der Waals surface area contributed by atoms with E-state index in [4.69, 9.17) is 0 Å². The molecular weight excluding hydrogens is 253 g/mol. The van der Waals surface area contributed by atoms with Crippen LogP contribution < -0.4 is 4.90 Å². The fourth-order valence-corrected chi connectivity index (χ4v) is 2.59. The number of carbonyl (C=O) groups excluding carboxylic acids is 1. The molecule has 0 radical (unpaired) electrons. The highest BCUT2D eigenvalue weighted by Gasteiger charge is 2.22. The van der Waals surface area contributed by atoms with Gasteiger partial charge in [0.05, 0.1) is 6.54 Å². The van der Waals surface area contributed by atoms with Crippen molar-refractivity contribution < 1.29 is 9.18 Å². The van der Waals surface area contributed by atoms with Gasteiger partial charge in [-0.25, -0.2) is 4.39 Å². The van der Waals surface area contributed by atoms with Crippen LogP contribution in [0.1, 0.15) is 21.5 Å². The van der Waals surface area contributed by atoms with Crippen LogP contribution in [0.3, 0.4) is 0 Å². The Morgan fingerprint density at radius 2 is 1.95 bits per heavy atom. The summed E-state index contributed by atoms with van der Waals surface area (Å²) in [5, 5.41) is 0. The minimum Gasteiger partial charge on any atom is -0.363 e. The fourth-order valence-electron chi connectivity index (χ4n) is 2.59. The largest absolute Gasteiger partial charge is 0.363 e. The molecule has 2 aromatic rings. The van der Waals surface area contributed by atoms with Crippen LogP contribution in [0.5, 0.6) is 0 Å². The van der Waals surface area contributed by atoms with Crippen molar-refractivity contribution in [2.24, 2.45) is 0 Å². The second kappa shape index (κ2) is 5.08. The van der Waals surface area contributed by atoms with Crippen molar-refractivity contribution in [3.8, 4) is 0 Å². The molecule has 2 aromatic carbocycles. The molecule has 3 rings (SSSR count). The first kappa shape index (κ1) is 12.9. The zero-order chi connectivity index (χ0) is 14.1. The van der Waals surface area contributed by atoms with E-state index >= 15 is 0 Å². The van der Waals surface area contributed by atoms with Crippen molar-refractivity contribution in [2.45, 2.75) is 13.3 Å². The topological polar surface area (TPSA) is 20.3 Å². The van der Waals surface area contributed by atoms with Crippen LogP contribution in [0.15, 0.2) is 42.5 Å². The SMILES string of the molecule is Cc1ccc(C(=O)CN2CCc3ccc(F)cc32)cc1. The van der Waals surface area contributed by atoms with Crippen molar-refractivity contribution in [1.82, 2.24) is 0 Å². The van der Waals surface area contributed by atoms with Gasteiger partial charge < -0.3 is 4.90 Å². The monoisotopic (exact) mass is 269 g/mol. The lowest BCUT2D eigenvalue weighted by Gasteiger charge is -2.18. The van der Waals surface area contributed by atoms with E-state index in [1.54, 1.807) is 6.07 Å². The van der Waals surface area contributed by atoms with Crippen LogP contribution >= 0.6 is 0 Å². The number of halogens is 1. The molecule has 0 saturated heterocycles. The summed E-state index contributed by atoms with van der Waals surface area (Å²) in [5.74, 6) is -0.180. The molecule has 0 aliphatic carbocycles. The van der Waals surface area contributed by atoms with Gasteiger partial charge in [0, 0.05) is 17.8 Å². The number of nitrogens with zero attached hydrogens (tertiary/aromatic N) is 1. The molecule has 102 valence electrons. The first-order chi connectivity index (χ1) is 9.63. The zero-order valence-corrected chi connectivity index (χ0v) is 11.4. The van der Waals surface area contributed by atoms with Crippen LogP contribution in [0.4, 0.5) is 10.1 Å². The lowest BCUT2D eigenvalue weighted by atomic mass is 10.1. The lowest BCUT2D eigenvalue weighted by Crippen LogP contribution is -2.28. The number of hydrogen-bond donors (Lipinski definition) is 0. The van der Waals surface area contributed by atoms with Gasteiger partial charge in [0.15, 0.2) is 5.78 Å². The number of aryl methyl sites for hydroxylation is 1. The third kappa shape index (κ3) is 2.44. The van der Waals surface area contributed by atoms with E-state index in [0.29, 0.717) is 12.1 Å². The van der Waals surface area contributed by atoms with Crippen molar-refractivity contribution in [2.75, 3.05) is 18.0 Å². The number of ketones is 1. The standard InChI is InChI=1S/C17H16FNO/c1-12-2-4-14(5-3-12)17(20)11-19-9-8-13-6-7-15(18)10-16(13)19/h2-7,10H,8-9,11H2,1H3. The van der Waals surface area contributed by atoms with E-state index in [1.807, 2.05) is 36.1 Å². The Bertz CT molecular complexity index is 649. The van der Waals surface area contributed by atoms with E-state index in [1.165, 1.54) is 12.1 Å². The quantitative estimate of drug-likeness (QED) is 0.796. The molecule has 20 heavy (non-hydrogen) atoms. The average molecular weight is 269 g/mol. The third-order valence-corrected chi connectivity index (χ3v) is 3.75. The molecule has 1 aliphatic rings. The van der Waals surface area contributed by atoms with Gasteiger partial charge in [0.1, 0.15) is 5.82 Å². The molecule has 0 fully saturated rings. The van der Waals surface area contributed by atoms with E-state index in [-0.39, 0.29) is 11.6 Å². The molecule has 1 aliphatic heterocycles. The Balaban J connectivity index is 1.78. The van der Waals surface area contributed by atoms with Gasteiger partial charge in [-0.1, -0.05) is 35.9 Å². The van der Waals surface area contributed by atoms with Crippen LogP contribution in [-0.4, -0.2) is 18.9 Å². The zero-order valence-electron chi connectivity index (χ0n) is 11.4. The van der Waals surface area contributed by atoms with Crippen molar-refractivity contribution in [3.05, 3.63) is 65.0 Å². The lowest BCUT2D eigenvalue weighted by molar-refractivity contribution is 0.0999. The normalized spacial score (nSPS) is 13.4. The molecule has 0 amide bonds.